The van der Waals surface area contributed by atoms with Gasteiger partial charge < -0.3 is 5.32 Å². The summed E-state index contributed by atoms with van der Waals surface area (Å²) in [5, 5.41) is 4.03. The highest BCUT2D eigenvalue weighted by atomic mass is 35.5. The summed E-state index contributed by atoms with van der Waals surface area (Å²) in [6.45, 7) is 7.86. The summed E-state index contributed by atoms with van der Waals surface area (Å²) >= 11 is 7.25. The van der Waals surface area contributed by atoms with Crippen molar-refractivity contribution in [1.82, 2.24) is 10.3 Å². The van der Waals surface area contributed by atoms with E-state index in [4.69, 9.17) is 11.6 Å². The Bertz CT molecular complexity index is 351. The van der Waals surface area contributed by atoms with E-state index in [1.54, 1.807) is 24.2 Å². The maximum absolute atomic E-state index is 5.60. The maximum Gasteiger partial charge on any atom is 0.0652 e. The molecule has 0 aliphatic rings. The molecule has 1 heterocycles. The van der Waals surface area contributed by atoms with Crippen LogP contribution in [0.2, 0.25) is 0 Å². The predicted octanol–water partition coefficient (Wildman–Crippen LogP) is 3.48. The van der Waals surface area contributed by atoms with E-state index in [1.165, 1.54) is 0 Å². The summed E-state index contributed by atoms with van der Waals surface area (Å²) in [5.74, 6) is 1.65. The fourth-order valence-electron chi connectivity index (χ4n) is 1.07. The van der Waals surface area contributed by atoms with Crippen LogP contribution in [0.3, 0.4) is 0 Å². The molecule has 0 spiro atoms. The first kappa shape index (κ1) is 13.1. The van der Waals surface area contributed by atoms with Gasteiger partial charge >= 0.3 is 0 Å². The largest absolute Gasteiger partial charge is 0.351 e. The number of pyridine rings is 1. The second-order valence-corrected chi connectivity index (χ2v) is 4.73. The Kier molecular flexibility index (Phi) is 6.04. The second kappa shape index (κ2) is 7.36. The van der Waals surface area contributed by atoms with Crippen LogP contribution in [-0.4, -0.2) is 16.6 Å². The average molecular weight is 255 g/mol. The van der Waals surface area contributed by atoms with Crippen molar-refractivity contribution in [3.63, 3.8) is 0 Å². The SMILES string of the molecule is C=C(NC(=C)c1cccnc1)SCCCCl. The first-order valence-electron chi connectivity index (χ1n) is 4.98. The monoisotopic (exact) mass is 254 g/mol. The molecule has 0 radical (unpaired) electrons. The van der Waals surface area contributed by atoms with Crippen LogP contribution in [0.15, 0.2) is 42.7 Å². The Hall–Kier alpha value is -0.930. The highest BCUT2D eigenvalue weighted by Crippen LogP contribution is 2.16. The quantitative estimate of drug-likeness (QED) is 0.596. The Morgan fingerprint density at radius 1 is 1.50 bits per heavy atom. The topological polar surface area (TPSA) is 24.9 Å². The number of alkyl halides is 1. The van der Waals surface area contributed by atoms with Gasteiger partial charge in [0.2, 0.25) is 0 Å². The minimum Gasteiger partial charge on any atom is -0.351 e. The number of hydrogen-bond donors (Lipinski definition) is 1. The number of nitrogens with zero attached hydrogens (tertiary/aromatic N) is 1. The molecule has 0 saturated heterocycles. The van der Waals surface area contributed by atoms with Gasteiger partial charge in [0.25, 0.3) is 0 Å². The normalized spacial score (nSPS) is 9.81. The van der Waals surface area contributed by atoms with E-state index in [9.17, 15) is 0 Å². The number of rotatable bonds is 7. The van der Waals surface area contributed by atoms with Crippen LogP contribution in [0.5, 0.6) is 0 Å². The van der Waals surface area contributed by atoms with Crippen molar-refractivity contribution >= 4 is 29.1 Å². The zero-order valence-corrected chi connectivity index (χ0v) is 10.7. The van der Waals surface area contributed by atoms with E-state index in [0.717, 1.165) is 28.5 Å². The Labute approximate surface area is 106 Å². The lowest BCUT2D eigenvalue weighted by molar-refractivity contribution is 1.11. The van der Waals surface area contributed by atoms with E-state index in [0.29, 0.717) is 5.88 Å². The summed E-state index contributed by atoms with van der Waals surface area (Å²) < 4.78 is 0. The van der Waals surface area contributed by atoms with Crippen LogP contribution in [0.25, 0.3) is 5.70 Å². The van der Waals surface area contributed by atoms with Crippen LogP contribution in [0.1, 0.15) is 12.0 Å². The van der Waals surface area contributed by atoms with Crippen molar-refractivity contribution in [3.05, 3.63) is 48.3 Å². The molecular weight excluding hydrogens is 240 g/mol. The van der Waals surface area contributed by atoms with E-state index in [-0.39, 0.29) is 0 Å². The van der Waals surface area contributed by atoms with Gasteiger partial charge in [-0.2, -0.15) is 0 Å². The van der Waals surface area contributed by atoms with Crippen molar-refractivity contribution in [2.24, 2.45) is 0 Å². The number of halogens is 1. The lowest BCUT2D eigenvalue weighted by atomic mass is 10.2. The van der Waals surface area contributed by atoms with Gasteiger partial charge in [-0.05, 0) is 18.6 Å². The summed E-state index contributed by atoms with van der Waals surface area (Å²) in [6, 6.07) is 3.84. The minimum absolute atomic E-state index is 0.684. The number of thioether (sulfide) groups is 1. The summed E-state index contributed by atoms with van der Waals surface area (Å²) in [6.07, 6.45) is 4.49. The van der Waals surface area contributed by atoms with Gasteiger partial charge in [-0.1, -0.05) is 13.2 Å². The van der Waals surface area contributed by atoms with Crippen LogP contribution in [-0.2, 0) is 0 Å². The minimum atomic E-state index is 0.684. The van der Waals surface area contributed by atoms with Gasteiger partial charge in [0.05, 0.1) is 5.03 Å². The van der Waals surface area contributed by atoms with Gasteiger partial charge in [0, 0.05) is 35.3 Å². The Morgan fingerprint density at radius 3 is 2.94 bits per heavy atom. The highest BCUT2D eigenvalue weighted by Gasteiger charge is 2.00. The fraction of sp³-hybridized carbons (Fsp3) is 0.250. The van der Waals surface area contributed by atoms with Gasteiger partial charge in [-0.15, -0.1) is 23.4 Å². The van der Waals surface area contributed by atoms with E-state index in [2.05, 4.69) is 23.5 Å². The standard InChI is InChI=1S/C12H15ClN2S/c1-10(12-5-3-7-14-9-12)15-11(2)16-8-4-6-13/h3,5,7,9,15H,1-2,4,6,8H2. The van der Waals surface area contributed by atoms with Crippen LogP contribution in [0, 0.1) is 0 Å². The van der Waals surface area contributed by atoms with E-state index >= 15 is 0 Å². The highest BCUT2D eigenvalue weighted by molar-refractivity contribution is 8.03. The molecule has 1 rings (SSSR count). The molecule has 16 heavy (non-hydrogen) atoms. The van der Waals surface area contributed by atoms with Crippen molar-refractivity contribution in [3.8, 4) is 0 Å². The van der Waals surface area contributed by atoms with Crippen LogP contribution >= 0.6 is 23.4 Å². The molecule has 0 atom stereocenters. The van der Waals surface area contributed by atoms with Crippen molar-refractivity contribution in [1.29, 1.82) is 0 Å². The molecule has 4 heteroatoms. The van der Waals surface area contributed by atoms with Crippen molar-refractivity contribution in [2.45, 2.75) is 6.42 Å². The van der Waals surface area contributed by atoms with E-state index < -0.39 is 0 Å². The lowest BCUT2D eigenvalue weighted by Crippen LogP contribution is -2.08. The summed E-state index contributed by atoms with van der Waals surface area (Å²) in [5.41, 5.74) is 1.79. The van der Waals surface area contributed by atoms with Gasteiger partial charge in [0.1, 0.15) is 0 Å². The van der Waals surface area contributed by atoms with Gasteiger partial charge in [-0.3, -0.25) is 4.98 Å². The second-order valence-electron chi connectivity index (χ2n) is 3.16. The third-order valence-electron chi connectivity index (χ3n) is 1.85. The molecule has 0 saturated carbocycles. The first-order valence-corrected chi connectivity index (χ1v) is 6.50. The lowest BCUT2D eigenvalue weighted by Gasteiger charge is -2.11. The Morgan fingerprint density at radius 2 is 2.31 bits per heavy atom. The fourth-order valence-corrected chi connectivity index (χ4v) is 2.09. The molecule has 2 nitrogen and oxygen atoms in total. The zero-order chi connectivity index (χ0) is 11.8. The van der Waals surface area contributed by atoms with Gasteiger partial charge in [0.15, 0.2) is 0 Å². The molecule has 0 aliphatic heterocycles. The number of hydrogen-bond acceptors (Lipinski definition) is 3. The third kappa shape index (κ3) is 4.73. The third-order valence-corrected chi connectivity index (χ3v) is 3.07. The summed E-state index contributed by atoms with van der Waals surface area (Å²) in [4.78, 5) is 4.03. The van der Waals surface area contributed by atoms with Crippen LogP contribution in [0.4, 0.5) is 0 Å². The zero-order valence-electron chi connectivity index (χ0n) is 9.08. The maximum atomic E-state index is 5.60. The smallest absolute Gasteiger partial charge is 0.0652 e. The molecule has 0 aliphatic carbocycles. The molecule has 0 fully saturated rings. The molecule has 1 aromatic heterocycles. The predicted molar refractivity (Wildman–Crippen MR) is 73.3 cm³/mol. The van der Waals surface area contributed by atoms with Crippen LogP contribution < -0.4 is 5.32 Å². The molecule has 1 N–H and O–H groups in total. The van der Waals surface area contributed by atoms with Crippen molar-refractivity contribution in [2.75, 3.05) is 11.6 Å². The molecule has 0 unspecified atom stereocenters. The Balaban J connectivity index is 2.37. The molecule has 1 aromatic rings. The average Bonchev–Trinajstić information content (AvgIpc) is 2.30. The molecule has 0 aromatic carbocycles. The number of nitrogens with one attached hydrogen (secondary N) is 1. The van der Waals surface area contributed by atoms with Gasteiger partial charge in [-0.25, -0.2) is 0 Å². The van der Waals surface area contributed by atoms with E-state index in [1.807, 2.05) is 12.1 Å². The van der Waals surface area contributed by atoms with Crippen molar-refractivity contribution < 1.29 is 0 Å². The first-order chi connectivity index (χ1) is 7.74. The molecule has 0 bridgehead atoms. The molecular formula is C12H15ClN2S. The summed E-state index contributed by atoms with van der Waals surface area (Å²) in [7, 11) is 0. The molecule has 86 valence electrons. The molecule has 0 amide bonds. The number of aromatic nitrogens is 1.